The van der Waals surface area contributed by atoms with Crippen LogP contribution in [0.15, 0.2) is 54.9 Å². The molecule has 8 heteroatoms. The summed E-state index contributed by atoms with van der Waals surface area (Å²) in [6.07, 6.45) is 2.08. The van der Waals surface area contributed by atoms with Gasteiger partial charge in [-0.1, -0.05) is 30.3 Å². The zero-order valence-electron chi connectivity index (χ0n) is 17.2. The van der Waals surface area contributed by atoms with Gasteiger partial charge in [-0.15, -0.1) is 0 Å². The zero-order valence-corrected chi connectivity index (χ0v) is 17.2. The van der Waals surface area contributed by atoms with Crippen LogP contribution < -0.4 is 14.4 Å². The SMILES string of the molecule is COCC(=O)N1c2ncnn2C(c2ccccc2OC)CC1c1ccc(OC)cc1. The fourth-order valence-electron chi connectivity index (χ4n) is 3.98. The second kappa shape index (κ2) is 8.54. The lowest BCUT2D eigenvalue weighted by molar-refractivity contribution is -0.123. The molecule has 0 aliphatic carbocycles. The van der Waals surface area contributed by atoms with Crippen molar-refractivity contribution in [3.05, 3.63) is 66.0 Å². The summed E-state index contributed by atoms with van der Waals surface area (Å²) in [6.45, 7) is -0.0428. The number of aromatic nitrogens is 3. The Morgan fingerprint density at radius 1 is 1.03 bits per heavy atom. The summed E-state index contributed by atoms with van der Waals surface area (Å²) in [4.78, 5) is 19.1. The Kier molecular flexibility index (Phi) is 5.67. The van der Waals surface area contributed by atoms with E-state index < -0.39 is 0 Å². The largest absolute Gasteiger partial charge is 0.497 e. The van der Waals surface area contributed by atoms with Crippen molar-refractivity contribution in [2.24, 2.45) is 0 Å². The number of nitrogens with zero attached hydrogens (tertiary/aromatic N) is 4. The molecule has 2 aromatic carbocycles. The lowest BCUT2D eigenvalue weighted by atomic mass is 9.91. The molecule has 2 unspecified atom stereocenters. The number of rotatable bonds is 6. The maximum atomic E-state index is 13.0. The van der Waals surface area contributed by atoms with Crippen molar-refractivity contribution in [3.8, 4) is 11.5 Å². The Morgan fingerprint density at radius 3 is 2.50 bits per heavy atom. The highest BCUT2D eigenvalue weighted by molar-refractivity contribution is 5.93. The molecule has 3 aromatic rings. The fourth-order valence-corrected chi connectivity index (χ4v) is 3.98. The summed E-state index contributed by atoms with van der Waals surface area (Å²) in [5, 5.41) is 4.43. The van der Waals surface area contributed by atoms with Gasteiger partial charge in [0.25, 0.3) is 5.91 Å². The fraction of sp³-hybridized carbons (Fsp3) is 0.318. The van der Waals surface area contributed by atoms with Crippen LogP contribution in [0.1, 0.15) is 29.6 Å². The van der Waals surface area contributed by atoms with E-state index in [0.717, 1.165) is 22.6 Å². The van der Waals surface area contributed by atoms with Crippen molar-refractivity contribution in [1.82, 2.24) is 14.8 Å². The Morgan fingerprint density at radius 2 is 1.80 bits per heavy atom. The van der Waals surface area contributed by atoms with E-state index in [4.69, 9.17) is 14.2 Å². The van der Waals surface area contributed by atoms with E-state index in [2.05, 4.69) is 10.1 Å². The van der Waals surface area contributed by atoms with E-state index in [-0.39, 0.29) is 24.6 Å². The van der Waals surface area contributed by atoms with Crippen LogP contribution in [-0.4, -0.2) is 48.6 Å². The van der Waals surface area contributed by atoms with Crippen LogP contribution in [0.5, 0.6) is 11.5 Å². The normalized spacial score (nSPS) is 18.0. The standard InChI is InChI=1S/C22H24N4O4/c1-28-13-21(27)25-18(15-8-10-16(29-2)11-9-15)12-19(26-22(25)23-14-24-26)17-6-4-5-7-20(17)30-3/h4-11,14,18-19H,12-13H2,1-3H3. The van der Waals surface area contributed by atoms with Crippen molar-refractivity contribution in [3.63, 3.8) is 0 Å². The molecule has 4 rings (SSSR count). The van der Waals surface area contributed by atoms with Gasteiger partial charge in [0.2, 0.25) is 5.95 Å². The minimum absolute atomic E-state index is 0.0428. The molecule has 1 aliphatic heterocycles. The van der Waals surface area contributed by atoms with E-state index >= 15 is 0 Å². The highest BCUT2D eigenvalue weighted by atomic mass is 16.5. The number of ether oxygens (including phenoxy) is 3. The molecule has 2 heterocycles. The third-order valence-corrected chi connectivity index (χ3v) is 5.36. The number of amides is 1. The first-order chi connectivity index (χ1) is 14.7. The van der Waals surface area contributed by atoms with Gasteiger partial charge in [-0.2, -0.15) is 10.1 Å². The number of carbonyl (C=O) groups is 1. The van der Waals surface area contributed by atoms with Gasteiger partial charge in [0.1, 0.15) is 24.4 Å². The molecule has 0 saturated heterocycles. The molecule has 0 radical (unpaired) electrons. The van der Waals surface area contributed by atoms with Gasteiger partial charge in [0.05, 0.1) is 26.3 Å². The molecule has 1 aromatic heterocycles. The summed E-state index contributed by atoms with van der Waals surface area (Å²) >= 11 is 0. The number of hydrogen-bond acceptors (Lipinski definition) is 6. The van der Waals surface area contributed by atoms with E-state index in [1.165, 1.54) is 13.4 Å². The zero-order chi connectivity index (χ0) is 21.1. The Balaban J connectivity index is 1.83. The number of carbonyl (C=O) groups excluding carboxylic acids is 1. The predicted octanol–water partition coefficient (Wildman–Crippen LogP) is 3.01. The molecule has 0 saturated carbocycles. The second-order valence-electron chi connectivity index (χ2n) is 6.98. The van der Waals surface area contributed by atoms with E-state index in [1.54, 1.807) is 23.8 Å². The summed E-state index contributed by atoms with van der Waals surface area (Å²) in [6, 6.07) is 15.2. The molecule has 156 valence electrons. The molecule has 8 nitrogen and oxygen atoms in total. The van der Waals surface area contributed by atoms with Gasteiger partial charge in [0, 0.05) is 12.7 Å². The number of benzene rings is 2. The minimum atomic E-state index is -0.245. The summed E-state index contributed by atoms with van der Waals surface area (Å²) in [5.41, 5.74) is 1.97. The van der Waals surface area contributed by atoms with E-state index in [0.29, 0.717) is 12.4 Å². The van der Waals surface area contributed by atoms with Gasteiger partial charge in [0.15, 0.2) is 0 Å². The van der Waals surface area contributed by atoms with Gasteiger partial charge >= 0.3 is 0 Å². The quantitative estimate of drug-likeness (QED) is 0.624. The summed E-state index contributed by atoms with van der Waals surface area (Å²) in [5.74, 6) is 1.84. The number of fused-ring (bicyclic) bond motifs is 1. The smallest absolute Gasteiger partial charge is 0.255 e. The maximum absolute atomic E-state index is 13.0. The minimum Gasteiger partial charge on any atom is -0.497 e. The van der Waals surface area contributed by atoms with Gasteiger partial charge in [-0.05, 0) is 30.2 Å². The molecule has 1 aliphatic rings. The lowest BCUT2D eigenvalue weighted by Gasteiger charge is -2.39. The topological polar surface area (TPSA) is 78.7 Å². The highest BCUT2D eigenvalue weighted by Crippen LogP contribution is 2.44. The predicted molar refractivity (Wildman–Crippen MR) is 111 cm³/mol. The third kappa shape index (κ3) is 3.50. The maximum Gasteiger partial charge on any atom is 0.255 e. The van der Waals surface area contributed by atoms with Crippen LogP contribution in [-0.2, 0) is 9.53 Å². The van der Waals surface area contributed by atoms with Gasteiger partial charge < -0.3 is 14.2 Å². The van der Waals surface area contributed by atoms with Crippen molar-refractivity contribution in [2.45, 2.75) is 18.5 Å². The molecule has 2 atom stereocenters. The summed E-state index contributed by atoms with van der Waals surface area (Å²) < 4.78 is 17.8. The Labute approximate surface area is 175 Å². The van der Waals surface area contributed by atoms with Crippen molar-refractivity contribution < 1.29 is 19.0 Å². The van der Waals surface area contributed by atoms with Crippen LogP contribution in [0.2, 0.25) is 0 Å². The Bertz CT molecular complexity index is 1020. The first-order valence-corrected chi connectivity index (χ1v) is 9.65. The number of methoxy groups -OCH3 is 3. The first kappa shape index (κ1) is 19.9. The molecular formula is C22H24N4O4. The first-order valence-electron chi connectivity index (χ1n) is 9.65. The number of para-hydroxylation sites is 1. The van der Waals surface area contributed by atoms with Crippen molar-refractivity contribution in [1.29, 1.82) is 0 Å². The molecule has 1 amide bonds. The van der Waals surface area contributed by atoms with Crippen molar-refractivity contribution >= 4 is 11.9 Å². The second-order valence-corrected chi connectivity index (χ2v) is 6.98. The third-order valence-electron chi connectivity index (χ3n) is 5.36. The Hall–Kier alpha value is -3.39. The highest BCUT2D eigenvalue weighted by Gasteiger charge is 2.40. The molecule has 0 bridgehead atoms. The van der Waals surface area contributed by atoms with Crippen LogP contribution >= 0.6 is 0 Å². The van der Waals surface area contributed by atoms with Crippen LogP contribution in [0.4, 0.5) is 5.95 Å². The molecule has 0 spiro atoms. The van der Waals surface area contributed by atoms with Gasteiger partial charge in [-0.3, -0.25) is 9.69 Å². The molecule has 30 heavy (non-hydrogen) atoms. The summed E-state index contributed by atoms with van der Waals surface area (Å²) in [7, 11) is 4.79. The molecule has 0 fully saturated rings. The van der Waals surface area contributed by atoms with E-state index in [1.807, 2.05) is 48.5 Å². The molecular weight excluding hydrogens is 384 g/mol. The molecule has 0 N–H and O–H groups in total. The monoisotopic (exact) mass is 408 g/mol. The van der Waals surface area contributed by atoms with Gasteiger partial charge in [-0.25, -0.2) is 4.68 Å². The van der Waals surface area contributed by atoms with Crippen molar-refractivity contribution in [2.75, 3.05) is 32.8 Å². The van der Waals surface area contributed by atoms with E-state index in [9.17, 15) is 4.79 Å². The number of hydrogen-bond donors (Lipinski definition) is 0. The van der Waals surface area contributed by atoms with Crippen LogP contribution in [0.25, 0.3) is 0 Å². The average molecular weight is 408 g/mol. The number of anilines is 1. The average Bonchev–Trinajstić information content (AvgIpc) is 3.28. The van der Waals surface area contributed by atoms with Crippen LogP contribution in [0.3, 0.4) is 0 Å². The lowest BCUT2D eigenvalue weighted by Crippen LogP contribution is -2.44. The van der Waals surface area contributed by atoms with Crippen LogP contribution in [0, 0.1) is 0 Å².